The topological polar surface area (TPSA) is 21.3 Å². The summed E-state index contributed by atoms with van der Waals surface area (Å²) >= 11 is 5.75. The lowest BCUT2D eigenvalue weighted by atomic mass is 10.1. The van der Waals surface area contributed by atoms with Gasteiger partial charge in [-0.15, -0.1) is 0 Å². The predicted molar refractivity (Wildman–Crippen MR) is 76.4 cm³/mol. The van der Waals surface area contributed by atoms with Gasteiger partial charge in [0.05, 0.1) is 12.1 Å². The maximum absolute atomic E-state index is 13.6. The van der Waals surface area contributed by atoms with Crippen LogP contribution >= 0.6 is 11.6 Å². The van der Waals surface area contributed by atoms with Crippen LogP contribution in [0.15, 0.2) is 36.4 Å². The third kappa shape index (κ3) is 3.20. The smallest absolute Gasteiger partial charge is 0.167 e. The molecule has 106 valence electrons. The Hall–Kier alpha value is -1.81. The molecule has 1 atom stereocenters. The Bertz CT molecular complexity index is 619. The number of methoxy groups -OCH3 is 1. The second-order valence-electron chi connectivity index (χ2n) is 4.39. The van der Waals surface area contributed by atoms with Crippen molar-refractivity contribution in [3.05, 3.63) is 58.6 Å². The first-order chi connectivity index (χ1) is 9.51. The minimum atomic E-state index is -0.460. The third-order valence-electron chi connectivity index (χ3n) is 2.98. The van der Waals surface area contributed by atoms with Crippen molar-refractivity contribution in [1.82, 2.24) is 0 Å². The number of nitrogens with one attached hydrogen (secondary N) is 1. The van der Waals surface area contributed by atoms with Gasteiger partial charge in [0.2, 0.25) is 0 Å². The van der Waals surface area contributed by atoms with Crippen molar-refractivity contribution in [2.45, 2.75) is 13.0 Å². The normalized spacial score (nSPS) is 12.1. The molecule has 2 nitrogen and oxygen atoms in total. The van der Waals surface area contributed by atoms with Crippen LogP contribution in [0, 0.1) is 11.6 Å². The Balaban J connectivity index is 2.16. The van der Waals surface area contributed by atoms with E-state index in [4.69, 9.17) is 16.3 Å². The molecule has 0 saturated carbocycles. The van der Waals surface area contributed by atoms with Gasteiger partial charge in [0.25, 0.3) is 0 Å². The second kappa shape index (κ2) is 6.09. The van der Waals surface area contributed by atoms with Gasteiger partial charge >= 0.3 is 0 Å². The summed E-state index contributed by atoms with van der Waals surface area (Å²) in [6, 6.07) is 8.96. The molecule has 20 heavy (non-hydrogen) atoms. The summed E-state index contributed by atoms with van der Waals surface area (Å²) in [7, 11) is 1.41. The van der Waals surface area contributed by atoms with E-state index in [0.717, 1.165) is 5.56 Å². The zero-order valence-corrected chi connectivity index (χ0v) is 11.8. The fraction of sp³-hybridized carbons (Fsp3) is 0.200. The fourth-order valence-electron chi connectivity index (χ4n) is 1.87. The van der Waals surface area contributed by atoms with Crippen LogP contribution in [0.1, 0.15) is 18.5 Å². The molecule has 0 radical (unpaired) electrons. The van der Waals surface area contributed by atoms with E-state index < -0.39 is 11.6 Å². The highest BCUT2D eigenvalue weighted by Crippen LogP contribution is 2.26. The summed E-state index contributed by atoms with van der Waals surface area (Å²) in [5.41, 5.74) is 1.42. The number of ether oxygens (including phenoxy) is 1. The lowest BCUT2D eigenvalue weighted by Gasteiger charge is -2.16. The first kappa shape index (κ1) is 14.6. The van der Waals surface area contributed by atoms with Crippen LogP contribution in [0.25, 0.3) is 0 Å². The highest BCUT2D eigenvalue weighted by molar-refractivity contribution is 6.30. The molecule has 0 fully saturated rings. The Morgan fingerprint density at radius 1 is 1.10 bits per heavy atom. The maximum atomic E-state index is 13.6. The van der Waals surface area contributed by atoms with Crippen LogP contribution in [0.2, 0.25) is 5.02 Å². The third-order valence-corrected chi connectivity index (χ3v) is 3.27. The number of hydrogen-bond acceptors (Lipinski definition) is 2. The van der Waals surface area contributed by atoms with E-state index in [1.54, 1.807) is 24.3 Å². The molecule has 0 saturated heterocycles. The van der Waals surface area contributed by atoms with Crippen LogP contribution in [0.3, 0.4) is 0 Å². The summed E-state index contributed by atoms with van der Waals surface area (Å²) in [6.07, 6.45) is 0. The van der Waals surface area contributed by atoms with Crippen LogP contribution < -0.4 is 10.1 Å². The van der Waals surface area contributed by atoms with Crippen molar-refractivity contribution in [2.75, 3.05) is 12.4 Å². The predicted octanol–water partition coefficient (Wildman–Crippen LogP) is 4.80. The van der Waals surface area contributed by atoms with Crippen LogP contribution in [-0.4, -0.2) is 7.11 Å². The van der Waals surface area contributed by atoms with Crippen LogP contribution in [0.4, 0.5) is 14.5 Å². The van der Waals surface area contributed by atoms with E-state index in [-0.39, 0.29) is 16.8 Å². The molecule has 0 aliphatic heterocycles. The lowest BCUT2D eigenvalue weighted by Crippen LogP contribution is -2.07. The van der Waals surface area contributed by atoms with Gasteiger partial charge in [-0.05, 0) is 36.8 Å². The van der Waals surface area contributed by atoms with Gasteiger partial charge in [-0.25, -0.2) is 8.78 Å². The van der Waals surface area contributed by atoms with Gasteiger partial charge < -0.3 is 10.1 Å². The Morgan fingerprint density at radius 2 is 1.85 bits per heavy atom. The van der Waals surface area contributed by atoms with Crippen molar-refractivity contribution in [2.24, 2.45) is 0 Å². The molecular formula is C15H14ClF2NO. The zero-order chi connectivity index (χ0) is 14.7. The summed E-state index contributed by atoms with van der Waals surface area (Å²) in [5, 5.41) is 3.19. The first-order valence-corrected chi connectivity index (χ1v) is 6.44. The summed E-state index contributed by atoms with van der Waals surface area (Å²) in [4.78, 5) is 0. The van der Waals surface area contributed by atoms with Crippen LogP contribution in [-0.2, 0) is 0 Å². The molecule has 1 unspecified atom stereocenters. The Kier molecular flexibility index (Phi) is 4.45. The lowest BCUT2D eigenvalue weighted by molar-refractivity contribution is 0.386. The molecule has 0 amide bonds. The SMILES string of the molecule is COc1ccc(NC(C)c2ccc(F)c(Cl)c2)cc1F. The number of benzene rings is 2. The van der Waals surface area contributed by atoms with Crippen LogP contribution in [0.5, 0.6) is 5.75 Å². The second-order valence-corrected chi connectivity index (χ2v) is 4.80. The monoisotopic (exact) mass is 297 g/mol. The molecule has 2 rings (SSSR count). The number of hydrogen-bond donors (Lipinski definition) is 1. The Labute approximate surface area is 121 Å². The fourth-order valence-corrected chi connectivity index (χ4v) is 2.06. The maximum Gasteiger partial charge on any atom is 0.167 e. The first-order valence-electron chi connectivity index (χ1n) is 6.06. The van der Waals surface area contributed by atoms with Crippen molar-refractivity contribution >= 4 is 17.3 Å². The van der Waals surface area contributed by atoms with Gasteiger partial charge in [-0.1, -0.05) is 17.7 Å². The summed E-state index contributed by atoms with van der Waals surface area (Å²) < 4.78 is 31.6. The molecule has 2 aromatic carbocycles. The largest absolute Gasteiger partial charge is 0.494 e. The van der Waals surface area contributed by atoms with Gasteiger partial charge in [-0.3, -0.25) is 0 Å². The van der Waals surface area contributed by atoms with Crippen molar-refractivity contribution in [1.29, 1.82) is 0 Å². The molecule has 0 bridgehead atoms. The van der Waals surface area contributed by atoms with E-state index in [1.807, 2.05) is 6.92 Å². The molecule has 0 heterocycles. The molecule has 0 aliphatic rings. The van der Waals surface area contributed by atoms with Crippen molar-refractivity contribution in [3.8, 4) is 5.75 Å². The van der Waals surface area contributed by atoms with E-state index in [2.05, 4.69) is 5.32 Å². The molecule has 5 heteroatoms. The average molecular weight is 298 g/mol. The summed E-state index contributed by atoms with van der Waals surface area (Å²) in [5.74, 6) is -0.715. The molecule has 0 aromatic heterocycles. The van der Waals surface area contributed by atoms with Gasteiger partial charge in [-0.2, -0.15) is 0 Å². The average Bonchev–Trinajstić information content (AvgIpc) is 2.42. The molecule has 0 aliphatic carbocycles. The molecule has 2 aromatic rings. The van der Waals surface area contributed by atoms with Crippen molar-refractivity contribution in [3.63, 3.8) is 0 Å². The molecule has 0 spiro atoms. The van der Waals surface area contributed by atoms with E-state index in [9.17, 15) is 8.78 Å². The van der Waals surface area contributed by atoms with E-state index >= 15 is 0 Å². The van der Waals surface area contributed by atoms with E-state index in [0.29, 0.717) is 5.69 Å². The van der Waals surface area contributed by atoms with Gasteiger partial charge in [0.1, 0.15) is 5.82 Å². The standard InChI is InChI=1S/C15H14ClF2NO/c1-9(10-3-5-13(17)12(16)7-10)19-11-4-6-15(20-2)14(18)8-11/h3-9,19H,1-2H3. The highest BCUT2D eigenvalue weighted by atomic mass is 35.5. The van der Waals surface area contributed by atoms with Gasteiger partial charge in [0, 0.05) is 17.8 Å². The zero-order valence-electron chi connectivity index (χ0n) is 11.1. The summed E-state index contributed by atoms with van der Waals surface area (Å²) in [6.45, 7) is 1.88. The van der Waals surface area contributed by atoms with Crippen molar-refractivity contribution < 1.29 is 13.5 Å². The van der Waals surface area contributed by atoms with E-state index in [1.165, 1.54) is 19.2 Å². The number of anilines is 1. The highest BCUT2D eigenvalue weighted by Gasteiger charge is 2.10. The number of rotatable bonds is 4. The Morgan fingerprint density at radius 3 is 2.45 bits per heavy atom. The van der Waals surface area contributed by atoms with Gasteiger partial charge in [0.15, 0.2) is 11.6 Å². The minimum Gasteiger partial charge on any atom is -0.494 e. The number of halogens is 3. The minimum absolute atomic E-state index is 0.0667. The quantitative estimate of drug-likeness (QED) is 0.875. The molecular weight excluding hydrogens is 284 g/mol. The molecule has 1 N–H and O–H groups in total.